The number of carbonyl (C=O) groups excluding carboxylic acids is 1. The third kappa shape index (κ3) is 2.07. The number of aliphatic hydroxyl groups excluding tert-OH is 1. The Balaban J connectivity index is 1.79. The van der Waals surface area contributed by atoms with Crippen molar-refractivity contribution in [2.45, 2.75) is 19.4 Å². The molecule has 2 fully saturated rings. The molecule has 2 aliphatic heterocycles. The van der Waals surface area contributed by atoms with Crippen molar-refractivity contribution in [2.24, 2.45) is 11.8 Å². The van der Waals surface area contributed by atoms with Crippen LogP contribution in [0.1, 0.15) is 13.3 Å². The molecule has 14 heavy (non-hydrogen) atoms. The van der Waals surface area contributed by atoms with Crippen molar-refractivity contribution in [1.29, 1.82) is 0 Å². The Morgan fingerprint density at radius 3 is 2.86 bits per heavy atom. The number of nitrogens with zero attached hydrogens (tertiary/aromatic N) is 1. The summed E-state index contributed by atoms with van der Waals surface area (Å²) in [4.78, 5) is 13.2. The largest absolute Gasteiger partial charge is 0.391 e. The molecule has 2 heterocycles. The average Bonchev–Trinajstić information content (AvgIpc) is 2.62. The molecule has 80 valence electrons. The normalized spacial score (nSPS) is 39.0. The van der Waals surface area contributed by atoms with E-state index in [1.807, 2.05) is 0 Å². The van der Waals surface area contributed by atoms with Gasteiger partial charge in [-0.25, -0.2) is 0 Å². The number of β-amino-alcohol motifs (C(OH)–C–C–N with tert-alkyl or cyclic N) is 1. The van der Waals surface area contributed by atoms with Gasteiger partial charge in [0.05, 0.1) is 6.10 Å². The summed E-state index contributed by atoms with van der Waals surface area (Å²) >= 11 is 0. The smallest absolute Gasteiger partial charge is 0.220 e. The highest BCUT2D eigenvalue weighted by molar-refractivity contribution is 5.78. The zero-order valence-electron chi connectivity index (χ0n) is 8.57. The highest BCUT2D eigenvalue weighted by Crippen LogP contribution is 2.19. The van der Waals surface area contributed by atoms with Gasteiger partial charge >= 0.3 is 0 Å². The van der Waals surface area contributed by atoms with E-state index in [1.165, 1.54) is 0 Å². The van der Waals surface area contributed by atoms with Crippen LogP contribution in [-0.2, 0) is 4.79 Å². The Labute approximate surface area is 84.3 Å². The second kappa shape index (κ2) is 3.87. The molecule has 2 aliphatic rings. The molecule has 4 heteroatoms. The highest BCUT2D eigenvalue weighted by Gasteiger charge is 2.31. The number of nitrogens with one attached hydrogen (secondary N) is 1. The van der Waals surface area contributed by atoms with Gasteiger partial charge in [-0.2, -0.15) is 0 Å². The van der Waals surface area contributed by atoms with Crippen molar-refractivity contribution in [2.75, 3.05) is 26.2 Å². The van der Waals surface area contributed by atoms with Gasteiger partial charge in [-0.3, -0.25) is 4.79 Å². The minimum absolute atomic E-state index is 0.169. The summed E-state index contributed by atoms with van der Waals surface area (Å²) in [5, 5.41) is 12.4. The van der Waals surface area contributed by atoms with Crippen LogP contribution in [-0.4, -0.2) is 48.2 Å². The molecule has 1 amide bonds. The molecule has 4 nitrogen and oxygen atoms in total. The SMILES string of the molecule is CC1CN(CC2CNC(=O)C2)CC1O. The second-order valence-corrected chi connectivity index (χ2v) is 4.64. The van der Waals surface area contributed by atoms with Gasteiger partial charge in [-0.1, -0.05) is 6.92 Å². The van der Waals surface area contributed by atoms with Crippen molar-refractivity contribution < 1.29 is 9.90 Å². The minimum Gasteiger partial charge on any atom is -0.391 e. The first-order valence-corrected chi connectivity index (χ1v) is 5.32. The lowest BCUT2D eigenvalue weighted by Crippen LogP contribution is -2.29. The summed E-state index contributed by atoms with van der Waals surface area (Å²) in [6.07, 6.45) is 0.473. The fourth-order valence-corrected chi connectivity index (χ4v) is 2.36. The van der Waals surface area contributed by atoms with Crippen LogP contribution in [0.4, 0.5) is 0 Å². The van der Waals surface area contributed by atoms with Crippen LogP contribution in [0.5, 0.6) is 0 Å². The molecule has 0 bridgehead atoms. The molecule has 0 spiro atoms. The van der Waals surface area contributed by atoms with Crippen molar-refractivity contribution in [1.82, 2.24) is 10.2 Å². The van der Waals surface area contributed by atoms with Crippen molar-refractivity contribution in [3.8, 4) is 0 Å². The van der Waals surface area contributed by atoms with Crippen molar-refractivity contribution in [3.63, 3.8) is 0 Å². The van der Waals surface area contributed by atoms with E-state index in [1.54, 1.807) is 0 Å². The van der Waals surface area contributed by atoms with E-state index in [-0.39, 0.29) is 12.0 Å². The highest BCUT2D eigenvalue weighted by atomic mass is 16.3. The molecule has 0 aromatic heterocycles. The Morgan fingerprint density at radius 2 is 2.36 bits per heavy atom. The first kappa shape index (κ1) is 9.93. The molecular weight excluding hydrogens is 180 g/mol. The zero-order valence-corrected chi connectivity index (χ0v) is 8.57. The van der Waals surface area contributed by atoms with Gasteiger partial charge in [0.1, 0.15) is 0 Å². The number of carbonyl (C=O) groups is 1. The van der Waals surface area contributed by atoms with E-state index in [4.69, 9.17) is 0 Å². The minimum atomic E-state index is -0.180. The number of hydrogen-bond donors (Lipinski definition) is 2. The van der Waals surface area contributed by atoms with Crippen molar-refractivity contribution in [3.05, 3.63) is 0 Å². The molecule has 3 atom stereocenters. The standard InChI is InChI=1S/C10H18N2O2/c1-7-4-12(6-9(7)13)5-8-2-10(14)11-3-8/h7-9,13H,2-6H2,1H3,(H,11,14). The van der Waals surface area contributed by atoms with Crippen LogP contribution >= 0.6 is 0 Å². The van der Waals surface area contributed by atoms with Crippen molar-refractivity contribution >= 4 is 5.91 Å². The maximum Gasteiger partial charge on any atom is 0.220 e. The monoisotopic (exact) mass is 198 g/mol. The first-order chi connectivity index (χ1) is 6.65. The number of likely N-dealkylation sites (tertiary alicyclic amines) is 1. The summed E-state index contributed by atoms with van der Waals surface area (Å²) < 4.78 is 0. The van der Waals surface area contributed by atoms with E-state index in [0.29, 0.717) is 18.3 Å². The molecule has 0 aromatic carbocycles. The molecule has 0 aromatic rings. The third-order valence-electron chi connectivity index (χ3n) is 3.23. The van der Waals surface area contributed by atoms with Crippen LogP contribution in [0.2, 0.25) is 0 Å². The molecule has 0 aliphatic carbocycles. The summed E-state index contributed by atoms with van der Waals surface area (Å²) in [6.45, 7) is 5.56. The van der Waals surface area contributed by atoms with E-state index in [9.17, 15) is 9.90 Å². The maximum absolute atomic E-state index is 11.0. The summed E-state index contributed by atoms with van der Waals surface area (Å²) in [5.74, 6) is 0.989. The van der Waals surface area contributed by atoms with Crippen LogP contribution in [0.15, 0.2) is 0 Å². The number of rotatable bonds is 2. The number of hydrogen-bond acceptors (Lipinski definition) is 3. The van der Waals surface area contributed by atoms with Gasteiger partial charge in [0, 0.05) is 32.6 Å². The van der Waals surface area contributed by atoms with Gasteiger partial charge < -0.3 is 15.3 Å². The second-order valence-electron chi connectivity index (χ2n) is 4.64. The fraction of sp³-hybridized carbons (Fsp3) is 0.900. The van der Waals surface area contributed by atoms with Crippen LogP contribution in [0.25, 0.3) is 0 Å². The van der Waals surface area contributed by atoms with Crippen LogP contribution in [0.3, 0.4) is 0 Å². The molecule has 3 unspecified atom stereocenters. The Bertz CT molecular complexity index is 222. The zero-order chi connectivity index (χ0) is 10.1. The molecule has 2 rings (SSSR count). The molecule has 0 radical (unpaired) electrons. The lowest BCUT2D eigenvalue weighted by molar-refractivity contribution is -0.119. The van der Waals surface area contributed by atoms with Gasteiger partial charge in [-0.15, -0.1) is 0 Å². The third-order valence-corrected chi connectivity index (χ3v) is 3.23. The topological polar surface area (TPSA) is 52.6 Å². The Kier molecular flexibility index (Phi) is 2.74. The lowest BCUT2D eigenvalue weighted by Gasteiger charge is -2.18. The van der Waals surface area contributed by atoms with Gasteiger partial charge in [0.2, 0.25) is 5.91 Å². The first-order valence-electron chi connectivity index (χ1n) is 5.32. The Hall–Kier alpha value is -0.610. The molecule has 0 saturated carbocycles. The maximum atomic E-state index is 11.0. The predicted molar refractivity (Wildman–Crippen MR) is 52.7 cm³/mol. The summed E-state index contributed by atoms with van der Waals surface area (Å²) in [6, 6.07) is 0. The van der Waals surface area contributed by atoms with E-state index in [2.05, 4.69) is 17.1 Å². The summed E-state index contributed by atoms with van der Waals surface area (Å²) in [5.41, 5.74) is 0. The van der Waals surface area contributed by atoms with E-state index in [0.717, 1.165) is 26.2 Å². The average molecular weight is 198 g/mol. The quantitative estimate of drug-likeness (QED) is 0.625. The van der Waals surface area contributed by atoms with E-state index < -0.39 is 0 Å². The lowest BCUT2D eigenvalue weighted by atomic mass is 10.1. The number of amides is 1. The van der Waals surface area contributed by atoms with E-state index >= 15 is 0 Å². The van der Waals surface area contributed by atoms with Gasteiger partial charge in [0.15, 0.2) is 0 Å². The number of aliphatic hydroxyl groups is 1. The predicted octanol–water partition coefficient (Wildman–Crippen LogP) is -0.565. The summed E-state index contributed by atoms with van der Waals surface area (Å²) in [7, 11) is 0. The molecular formula is C10H18N2O2. The molecule has 2 N–H and O–H groups in total. The Morgan fingerprint density at radius 1 is 1.57 bits per heavy atom. The van der Waals surface area contributed by atoms with Crippen LogP contribution in [0, 0.1) is 11.8 Å². The van der Waals surface area contributed by atoms with Gasteiger partial charge in [0.25, 0.3) is 0 Å². The van der Waals surface area contributed by atoms with Crippen LogP contribution < -0.4 is 5.32 Å². The fourth-order valence-electron chi connectivity index (χ4n) is 2.36. The van der Waals surface area contributed by atoms with Gasteiger partial charge in [-0.05, 0) is 11.8 Å². The molecule has 2 saturated heterocycles.